The van der Waals surface area contributed by atoms with Crippen LogP contribution >= 0.6 is 0 Å². The average Bonchev–Trinajstić information content (AvgIpc) is 2.86. The molecule has 0 bridgehead atoms. The Morgan fingerprint density at radius 1 is 1.24 bits per heavy atom. The number of methoxy groups -OCH3 is 1. The molecule has 0 saturated carbocycles. The molecule has 21 heavy (non-hydrogen) atoms. The molecule has 1 aromatic heterocycles. The van der Waals surface area contributed by atoms with Crippen LogP contribution in [-0.2, 0) is 11.3 Å². The zero-order valence-electron chi connectivity index (χ0n) is 12.8. The molecule has 114 valence electrons. The van der Waals surface area contributed by atoms with E-state index in [1.54, 1.807) is 7.11 Å². The third-order valence-electron chi connectivity index (χ3n) is 2.99. The van der Waals surface area contributed by atoms with E-state index in [1.807, 2.05) is 39.0 Å². The van der Waals surface area contributed by atoms with E-state index in [1.165, 1.54) is 0 Å². The number of ether oxygens (including phenoxy) is 2. The summed E-state index contributed by atoms with van der Waals surface area (Å²) in [5, 5.41) is 10.9. The molecule has 6 heteroatoms. The lowest BCUT2D eigenvalue weighted by atomic mass is 10.1. The van der Waals surface area contributed by atoms with E-state index in [2.05, 4.69) is 15.5 Å². The molecule has 1 unspecified atom stereocenters. The van der Waals surface area contributed by atoms with Gasteiger partial charge in [0.25, 0.3) is 0 Å². The van der Waals surface area contributed by atoms with Crippen LogP contribution in [0.25, 0.3) is 0 Å². The molecule has 0 spiro atoms. The van der Waals surface area contributed by atoms with E-state index in [0.717, 1.165) is 16.9 Å². The minimum absolute atomic E-state index is 0.0415. The highest BCUT2D eigenvalue weighted by molar-refractivity contribution is 5.39. The Labute approximate surface area is 124 Å². The number of aryl methyl sites for hydroxylation is 2. The molecule has 1 N–H and O–H groups in total. The highest BCUT2D eigenvalue weighted by Crippen LogP contribution is 2.22. The van der Waals surface area contributed by atoms with Gasteiger partial charge in [-0.2, -0.15) is 0 Å². The molecule has 1 aromatic carbocycles. The van der Waals surface area contributed by atoms with Crippen LogP contribution in [0.2, 0.25) is 0 Å². The molecule has 0 amide bonds. The van der Waals surface area contributed by atoms with Gasteiger partial charge in [0, 0.05) is 7.11 Å². The molecule has 2 aromatic rings. The quantitative estimate of drug-likeness (QED) is 0.846. The summed E-state index contributed by atoms with van der Waals surface area (Å²) in [5.74, 6) is 1.37. The zero-order chi connectivity index (χ0) is 15.2. The predicted molar refractivity (Wildman–Crippen MR) is 79.5 cm³/mol. The molecule has 1 atom stereocenters. The van der Waals surface area contributed by atoms with Crippen molar-refractivity contribution in [2.45, 2.75) is 33.4 Å². The number of para-hydroxylation sites is 1. The van der Waals surface area contributed by atoms with Crippen molar-refractivity contribution in [1.82, 2.24) is 10.2 Å². The Hall–Kier alpha value is -2.08. The van der Waals surface area contributed by atoms with Gasteiger partial charge in [0.1, 0.15) is 19.0 Å². The van der Waals surface area contributed by atoms with Gasteiger partial charge in [0.15, 0.2) is 0 Å². The predicted octanol–water partition coefficient (Wildman–Crippen LogP) is 2.71. The van der Waals surface area contributed by atoms with Gasteiger partial charge in [-0.15, -0.1) is 5.10 Å². The van der Waals surface area contributed by atoms with E-state index in [9.17, 15) is 0 Å². The Morgan fingerprint density at radius 2 is 1.95 bits per heavy atom. The van der Waals surface area contributed by atoms with Crippen LogP contribution in [0.15, 0.2) is 22.6 Å². The molecule has 1 heterocycles. The van der Waals surface area contributed by atoms with Crippen LogP contribution < -0.4 is 10.1 Å². The lowest BCUT2D eigenvalue weighted by molar-refractivity contribution is 0.160. The van der Waals surface area contributed by atoms with Crippen LogP contribution in [0.4, 0.5) is 6.01 Å². The molecule has 0 aliphatic carbocycles. The normalized spacial score (nSPS) is 12.2. The largest absolute Gasteiger partial charge is 0.491 e. The first-order valence-corrected chi connectivity index (χ1v) is 6.87. The van der Waals surface area contributed by atoms with E-state index in [4.69, 9.17) is 13.9 Å². The van der Waals surface area contributed by atoms with E-state index in [-0.39, 0.29) is 6.04 Å². The topological polar surface area (TPSA) is 69.4 Å². The van der Waals surface area contributed by atoms with Crippen LogP contribution in [-0.4, -0.2) is 30.0 Å². The number of benzene rings is 1. The third kappa shape index (κ3) is 4.19. The summed E-state index contributed by atoms with van der Waals surface area (Å²) < 4.78 is 16.2. The van der Waals surface area contributed by atoms with Crippen molar-refractivity contribution < 1.29 is 13.9 Å². The highest BCUT2D eigenvalue weighted by atomic mass is 16.5. The molecule has 0 fully saturated rings. The van der Waals surface area contributed by atoms with Gasteiger partial charge in [-0.05, 0) is 31.9 Å². The van der Waals surface area contributed by atoms with Crippen molar-refractivity contribution in [2.24, 2.45) is 0 Å². The number of hydrogen-bond acceptors (Lipinski definition) is 6. The van der Waals surface area contributed by atoms with Crippen LogP contribution in [0.3, 0.4) is 0 Å². The van der Waals surface area contributed by atoms with Gasteiger partial charge in [0.05, 0.1) is 6.04 Å². The summed E-state index contributed by atoms with van der Waals surface area (Å²) in [6.45, 7) is 6.88. The zero-order valence-corrected chi connectivity index (χ0v) is 12.8. The lowest BCUT2D eigenvalue weighted by Gasteiger charge is -2.16. The van der Waals surface area contributed by atoms with Crippen molar-refractivity contribution in [1.29, 1.82) is 0 Å². The summed E-state index contributed by atoms with van der Waals surface area (Å²) in [6, 6.07) is 6.51. The third-order valence-corrected chi connectivity index (χ3v) is 2.99. The smallest absolute Gasteiger partial charge is 0.315 e. The fourth-order valence-electron chi connectivity index (χ4n) is 1.98. The minimum atomic E-state index is 0.0415. The van der Waals surface area contributed by atoms with Gasteiger partial charge in [-0.1, -0.05) is 23.3 Å². The van der Waals surface area contributed by atoms with Crippen LogP contribution in [0, 0.1) is 13.8 Å². The fraction of sp³-hybridized carbons (Fsp3) is 0.467. The molecule has 6 nitrogen and oxygen atoms in total. The standard InChI is InChI=1S/C15H21N3O3/c1-10-6-5-7-11(2)14(10)20-8-12(3)16-15-18-17-13(21-15)9-19-4/h5-7,12H,8-9H2,1-4H3,(H,16,18). The molecule has 0 aliphatic heterocycles. The number of anilines is 1. The maximum absolute atomic E-state index is 5.88. The number of nitrogens with one attached hydrogen (secondary N) is 1. The monoisotopic (exact) mass is 291 g/mol. The highest BCUT2D eigenvalue weighted by Gasteiger charge is 2.11. The fourth-order valence-corrected chi connectivity index (χ4v) is 1.98. The maximum atomic E-state index is 5.88. The van der Waals surface area contributed by atoms with E-state index < -0.39 is 0 Å². The van der Waals surface area contributed by atoms with Crippen molar-refractivity contribution in [3.05, 3.63) is 35.2 Å². The first kappa shape index (κ1) is 15.3. The van der Waals surface area contributed by atoms with Crippen LogP contribution in [0.5, 0.6) is 5.75 Å². The Balaban J connectivity index is 1.88. The summed E-state index contributed by atoms with van der Waals surface area (Å²) in [7, 11) is 1.58. The first-order valence-electron chi connectivity index (χ1n) is 6.87. The summed E-state index contributed by atoms with van der Waals surface area (Å²) in [5.41, 5.74) is 2.25. The van der Waals surface area contributed by atoms with Gasteiger partial charge in [-0.25, -0.2) is 0 Å². The summed E-state index contributed by atoms with van der Waals surface area (Å²) in [6.07, 6.45) is 0. The number of hydrogen-bond donors (Lipinski definition) is 1. The molecular weight excluding hydrogens is 270 g/mol. The SMILES string of the molecule is COCc1nnc(NC(C)COc2c(C)cccc2C)o1. The van der Waals surface area contributed by atoms with Gasteiger partial charge < -0.3 is 19.2 Å². The van der Waals surface area contributed by atoms with Crippen molar-refractivity contribution in [3.63, 3.8) is 0 Å². The molecule has 2 rings (SSSR count). The second kappa shape index (κ2) is 7.08. The van der Waals surface area contributed by atoms with Gasteiger partial charge in [-0.3, -0.25) is 0 Å². The summed E-state index contributed by atoms with van der Waals surface area (Å²) in [4.78, 5) is 0. The Bertz CT molecular complexity index is 563. The van der Waals surface area contributed by atoms with Crippen LogP contribution in [0.1, 0.15) is 23.9 Å². The summed E-state index contributed by atoms with van der Waals surface area (Å²) >= 11 is 0. The molecular formula is C15H21N3O3. The maximum Gasteiger partial charge on any atom is 0.315 e. The molecule has 0 radical (unpaired) electrons. The van der Waals surface area contributed by atoms with Crippen molar-refractivity contribution in [3.8, 4) is 5.75 Å². The van der Waals surface area contributed by atoms with Gasteiger partial charge >= 0.3 is 6.01 Å². The second-order valence-corrected chi connectivity index (χ2v) is 5.01. The van der Waals surface area contributed by atoms with E-state index >= 15 is 0 Å². The average molecular weight is 291 g/mol. The number of nitrogens with zero attached hydrogens (tertiary/aromatic N) is 2. The minimum Gasteiger partial charge on any atom is -0.491 e. The second-order valence-electron chi connectivity index (χ2n) is 5.01. The molecule has 0 aliphatic rings. The number of rotatable bonds is 7. The Morgan fingerprint density at radius 3 is 2.62 bits per heavy atom. The number of aromatic nitrogens is 2. The van der Waals surface area contributed by atoms with Crippen molar-refractivity contribution in [2.75, 3.05) is 19.0 Å². The molecule has 0 saturated heterocycles. The Kier molecular flexibility index (Phi) is 5.16. The van der Waals surface area contributed by atoms with E-state index in [0.29, 0.717) is 25.1 Å². The van der Waals surface area contributed by atoms with Crippen molar-refractivity contribution >= 4 is 6.01 Å². The van der Waals surface area contributed by atoms with Gasteiger partial charge in [0.2, 0.25) is 5.89 Å². The lowest BCUT2D eigenvalue weighted by Crippen LogP contribution is -2.24. The first-order chi connectivity index (χ1) is 10.1.